The maximum absolute atomic E-state index is 11.7. The molecule has 0 bridgehead atoms. The number of amides is 1. The van der Waals surface area contributed by atoms with Crippen molar-refractivity contribution in [3.8, 4) is 0 Å². The Labute approximate surface area is 93.4 Å². The first-order valence-corrected chi connectivity index (χ1v) is 5.00. The molecule has 0 unspecified atom stereocenters. The van der Waals surface area contributed by atoms with E-state index in [-0.39, 0.29) is 12.4 Å². The number of Topliss-reactive ketones (excluding diaryl/α,β-unsaturated/α-hetero) is 1. The zero-order valence-corrected chi connectivity index (χ0v) is 8.68. The van der Waals surface area contributed by atoms with E-state index < -0.39 is 11.5 Å². The third-order valence-corrected chi connectivity index (χ3v) is 2.60. The van der Waals surface area contributed by atoms with E-state index in [4.69, 9.17) is 10.5 Å². The molecule has 1 aliphatic rings. The van der Waals surface area contributed by atoms with Gasteiger partial charge in [-0.15, -0.1) is 0 Å². The standard InChI is InChI=1S/C12H12NO3/c13-11(15)12(8-16-12)10(14)7-6-9-4-2-1-3-5-9/h1-5,7H,6,8H2,(H2,13,15)/t12-/m1/s1. The number of rotatable bonds is 5. The molecule has 0 spiro atoms. The highest BCUT2D eigenvalue weighted by atomic mass is 16.6. The van der Waals surface area contributed by atoms with E-state index in [0.717, 1.165) is 5.56 Å². The molecule has 1 fully saturated rings. The minimum Gasteiger partial charge on any atom is -0.367 e. The Kier molecular flexibility index (Phi) is 2.75. The summed E-state index contributed by atoms with van der Waals surface area (Å²) in [6.07, 6.45) is 1.94. The minimum absolute atomic E-state index is 0.104. The normalized spacial score (nSPS) is 22.8. The predicted molar refractivity (Wildman–Crippen MR) is 57.3 cm³/mol. The lowest BCUT2D eigenvalue weighted by Crippen LogP contribution is -2.40. The summed E-state index contributed by atoms with van der Waals surface area (Å²) in [5.41, 5.74) is 4.74. The summed E-state index contributed by atoms with van der Waals surface area (Å²) in [5.74, 6) is -1.05. The van der Waals surface area contributed by atoms with Crippen molar-refractivity contribution in [1.29, 1.82) is 0 Å². The number of carbonyl (C=O) groups excluding carboxylic acids is 2. The van der Waals surface area contributed by atoms with E-state index in [9.17, 15) is 9.59 Å². The van der Waals surface area contributed by atoms with Gasteiger partial charge in [-0.05, 0) is 12.0 Å². The third kappa shape index (κ3) is 1.97. The second kappa shape index (κ2) is 4.06. The minimum atomic E-state index is -1.37. The molecule has 0 aliphatic carbocycles. The van der Waals surface area contributed by atoms with Crippen LogP contribution >= 0.6 is 0 Å². The van der Waals surface area contributed by atoms with E-state index in [0.29, 0.717) is 6.42 Å². The van der Waals surface area contributed by atoms with Crippen LogP contribution in [0.4, 0.5) is 0 Å². The van der Waals surface area contributed by atoms with Gasteiger partial charge in [-0.25, -0.2) is 0 Å². The number of hydrogen-bond acceptors (Lipinski definition) is 3. The van der Waals surface area contributed by atoms with Crippen LogP contribution in [-0.4, -0.2) is 23.9 Å². The van der Waals surface area contributed by atoms with Crippen LogP contribution in [-0.2, 0) is 20.7 Å². The Hall–Kier alpha value is -1.68. The molecule has 83 valence electrons. The van der Waals surface area contributed by atoms with Crippen LogP contribution in [0.15, 0.2) is 30.3 Å². The lowest BCUT2D eigenvalue weighted by molar-refractivity contribution is -0.132. The number of benzene rings is 1. The lowest BCUT2D eigenvalue weighted by atomic mass is 9.98. The van der Waals surface area contributed by atoms with Gasteiger partial charge in [-0.3, -0.25) is 9.59 Å². The molecule has 4 nitrogen and oxygen atoms in total. The van der Waals surface area contributed by atoms with Gasteiger partial charge in [-0.2, -0.15) is 0 Å². The van der Waals surface area contributed by atoms with Crippen LogP contribution in [0.5, 0.6) is 0 Å². The molecule has 0 saturated carbocycles. The summed E-state index contributed by atoms with van der Waals surface area (Å²) in [6.45, 7) is 0.104. The van der Waals surface area contributed by atoms with Gasteiger partial charge in [0.2, 0.25) is 5.60 Å². The van der Waals surface area contributed by atoms with E-state index >= 15 is 0 Å². The van der Waals surface area contributed by atoms with Crippen molar-refractivity contribution in [2.75, 3.05) is 6.61 Å². The highest BCUT2D eigenvalue weighted by Crippen LogP contribution is 2.29. The molecule has 1 aromatic carbocycles. The molecule has 1 saturated heterocycles. The maximum Gasteiger partial charge on any atom is 0.259 e. The molecule has 4 heteroatoms. The van der Waals surface area contributed by atoms with Gasteiger partial charge in [-0.1, -0.05) is 30.3 Å². The fraction of sp³-hybridized carbons (Fsp3) is 0.250. The Bertz CT molecular complexity index is 410. The largest absolute Gasteiger partial charge is 0.367 e. The van der Waals surface area contributed by atoms with Crippen LogP contribution in [0.2, 0.25) is 0 Å². The zero-order valence-electron chi connectivity index (χ0n) is 8.68. The van der Waals surface area contributed by atoms with Crippen LogP contribution in [0.25, 0.3) is 0 Å². The van der Waals surface area contributed by atoms with Crippen LogP contribution in [0, 0.1) is 6.42 Å². The molecule has 1 radical (unpaired) electrons. The van der Waals surface area contributed by atoms with E-state index in [2.05, 4.69) is 0 Å². The first kappa shape index (κ1) is 10.8. The Morgan fingerprint density at radius 2 is 2.00 bits per heavy atom. The van der Waals surface area contributed by atoms with Gasteiger partial charge in [0, 0.05) is 6.42 Å². The Morgan fingerprint density at radius 3 is 2.50 bits per heavy atom. The molecule has 2 N–H and O–H groups in total. The summed E-state index contributed by atoms with van der Waals surface area (Å²) in [5, 5.41) is 0. The summed E-state index contributed by atoms with van der Waals surface area (Å²) < 4.78 is 4.85. The van der Waals surface area contributed by atoms with Crippen LogP contribution in [0.3, 0.4) is 0 Å². The molecule has 1 aliphatic heterocycles. The number of ketones is 1. The maximum atomic E-state index is 11.7. The van der Waals surface area contributed by atoms with E-state index in [1.807, 2.05) is 30.3 Å². The smallest absolute Gasteiger partial charge is 0.259 e. The summed E-state index contributed by atoms with van der Waals surface area (Å²) in [4.78, 5) is 22.7. The highest BCUT2D eigenvalue weighted by Gasteiger charge is 2.57. The number of ether oxygens (including phenoxy) is 1. The number of nitrogens with two attached hydrogens (primary N) is 1. The number of hydrogen-bond donors (Lipinski definition) is 1. The van der Waals surface area contributed by atoms with E-state index in [1.54, 1.807) is 0 Å². The Morgan fingerprint density at radius 1 is 1.38 bits per heavy atom. The molecule has 16 heavy (non-hydrogen) atoms. The molecular weight excluding hydrogens is 206 g/mol. The van der Waals surface area contributed by atoms with Crippen LogP contribution in [0.1, 0.15) is 5.56 Å². The van der Waals surface area contributed by atoms with Gasteiger partial charge >= 0.3 is 0 Å². The van der Waals surface area contributed by atoms with Crippen molar-refractivity contribution in [3.63, 3.8) is 0 Å². The molecule has 1 aromatic rings. The van der Waals surface area contributed by atoms with Crippen molar-refractivity contribution in [2.24, 2.45) is 5.73 Å². The SMILES string of the molecule is NC(=O)[C@]1(C(=O)[CH]Cc2ccccc2)CO1. The van der Waals surface area contributed by atoms with Crippen molar-refractivity contribution in [2.45, 2.75) is 12.0 Å². The predicted octanol–water partition coefficient (Wildman–Crippen LogP) is 0.257. The van der Waals surface area contributed by atoms with E-state index in [1.165, 1.54) is 6.42 Å². The van der Waals surface area contributed by atoms with Gasteiger partial charge in [0.1, 0.15) is 0 Å². The van der Waals surface area contributed by atoms with Gasteiger partial charge < -0.3 is 10.5 Å². The quantitative estimate of drug-likeness (QED) is 0.569. The van der Waals surface area contributed by atoms with Crippen LogP contribution < -0.4 is 5.73 Å². The molecule has 1 atom stereocenters. The van der Waals surface area contributed by atoms with Crippen molar-refractivity contribution < 1.29 is 14.3 Å². The summed E-state index contributed by atoms with van der Waals surface area (Å²) in [7, 11) is 0. The zero-order chi connectivity index (χ0) is 11.6. The average molecular weight is 218 g/mol. The lowest BCUT2D eigenvalue weighted by Gasteiger charge is -2.05. The second-order valence-electron chi connectivity index (χ2n) is 3.74. The van der Waals surface area contributed by atoms with Gasteiger partial charge in [0.25, 0.3) is 5.91 Å². The summed E-state index contributed by atoms with van der Waals surface area (Å²) in [6, 6.07) is 9.51. The second-order valence-corrected chi connectivity index (χ2v) is 3.74. The fourth-order valence-corrected chi connectivity index (χ4v) is 1.47. The van der Waals surface area contributed by atoms with Gasteiger partial charge in [0.15, 0.2) is 5.78 Å². The molecule has 1 amide bonds. The average Bonchev–Trinajstić information content (AvgIpc) is 3.08. The van der Waals surface area contributed by atoms with Crippen molar-refractivity contribution in [1.82, 2.24) is 0 Å². The summed E-state index contributed by atoms with van der Waals surface area (Å²) >= 11 is 0. The molecule has 1 heterocycles. The molecule has 0 aromatic heterocycles. The topological polar surface area (TPSA) is 72.7 Å². The van der Waals surface area contributed by atoms with Gasteiger partial charge in [0.05, 0.1) is 6.61 Å². The monoisotopic (exact) mass is 218 g/mol. The molecular formula is C12H12NO3. The first-order valence-electron chi connectivity index (χ1n) is 5.00. The van der Waals surface area contributed by atoms with Crippen molar-refractivity contribution >= 4 is 11.7 Å². The Balaban J connectivity index is 1.92. The molecule has 2 rings (SSSR count). The fourth-order valence-electron chi connectivity index (χ4n) is 1.47. The highest BCUT2D eigenvalue weighted by molar-refractivity contribution is 6.14. The number of carbonyl (C=O) groups is 2. The first-order chi connectivity index (χ1) is 7.65. The third-order valence-electron chi connectivity index (χ3n) is 2.60. The van der Waals surface area contributed by atoms with Crippen molar-refractivity contribution in [3.05, 3.63) is 42.3 Å². The number of epoxide rings is 1. The number of primary amides is 1.